The Morgan fingerprint density at radius 3 is 2.67 bits per heavy atom. The van der Waals surface area contributed by atoms with Crippen LogP contribution in [0.1, 0.15) is 36.9 Å². The van der Waals surface area contributed by atoms with E-state index in [1.54, 1.807) is 0 Å². The summed E-state index contributed by atoms with van der Waals surface area (Å²) < 4.78 is 1.87. The van der Waals surface area contributed by atoms with E-state index in [1.807, 2.05) is 17.9 Å². The fraction of sp³-hybridized carbons (Fsp3) is 0.692. The Hall–Kier alpha value is -1.36. The Kier molecular flexibility index (Phi) is 4.01. The smallest absolute Gasteiger partial charge is 0.306 e. The number of carbonyl (C=O) groups is 1. The summed E-state index contributed by atoms with van der Waals surface area (Å²) in [5.74, 6) is -0.778. The molecule has 1 aliphatic rings. The Morgan fingerprint density at radius 2 is 2.17 bits per heavy atom. The maximum Gasteiger partial charge on any atom is 0.306 e. The molecule has 1 fully saturated rings. The van der Waals surface area contributed by atoms with Crippen LogP contribution in [0.2, 0.25) is 0 Å². The number of aromatic nitrogens is 2. The van der Waals surface area contributed by atoms with Gasteiger partial charge in [0.2, 0.25) is 0 Å². The summed E-state index contributed by atoms with van der Waals surface area (Å²) in [6.07, 6.45) is 5.38. The molecule has 2 N–H and O–H groups in total. The number of rotatable bonds is 4. The standard InChI is InChI=1S/C13H21N3O2/c1-9-11(8-15-16(9)2)7-14-12-5-3-10(4-6-12)13(17)18/h8,10,12,14H,3-7H2,1-2H3,(H,17,18). The van der Waals surface area contributed by atoms with Crippen LogP contribution in [0.25, 0.3) is 0 Å². The highest BCUT2D eigenvalue weighted by atomic mass is 16.4. The fourth-order valence-corrected chi connectivity index (χ4v) is 2.52. The maximum atomic E-state index is 10.9. The van der Waals surface area contributed by atoms with E-state index in [0.29, 0.717) is 6.04 Å². The van der Waals surface area contributed by atoms with Crippen LogP contribution in [-0.2, 0) is 18.4 Å². The van der Waals surface area contributed by atoms with Crippen molar-refractivity contribution in [2.75, 3.05) is 0 Å². The molecule has 100 valence electrons. The van der Waals surface area contributed by atoms with Gasteiger partial charge in [0.25, 0.3) is 0 Å². The molecule has 5 heteroatoms. The van der Waals surface area contributed by atoms with Gasteiger partial charge < -0.3 is 10.4 Å². The normalized spacial score (nSPS) is 24.1. The molecular weight excluding hydrogens is 230 g/mol. The van der Waals surface area contributed by atoms with Gasteiger partial charge >= 0.3 is 5.97 Å². The molecule has 18 heavy (non-hydrogen) atoms. The van der Waals surface area contributed by atoms with E-state index >= 15 is 0 Å². The number of hydrogen-bond acceptors (Lipinski definition) is 3. The molecular formula is C13H21N3O2. The zero-order valence-electron chi connectivity index (χ0n) is 11.0. The van der Waals surface area contributed by atoms with E-state index in [2.05, 4.69) is 17.3 Å². The second kappa shape index (κ2) is 5.52. The third kappa shape index (κ3) is 2.90. The third-order valence-corrected chi connectivity index (χ3v) is 3.99. The Bertz CT molecular complexity index is 420. The van der Waals surface area contributed by atoms with Crippen molar-refractivity contribution in [3.05, 3.63) is 17.5 Å². The van der Waals surface area contributed by atoms with Gasteiger partial charge in [-0.25, -0.2) is 0 Å². The van der Waals surface area contributed by atoms with Gasteiger partial charge in [-0.2, -0.15) is 5.10 Å². The highest BCUT2D eigenvalue weighted by Gasteiger charge is 2.25. The van der Waals surface area contributed by atoms with Crippen molar-refractivity contribution in [1.82, 2.24) is 15.1 Å². The number of nitrogens with zero attached hydrogens (tertiary/aromatic N) is 2. The molecule has 0 spiro atoms. The summed E-state index contributed by atoms with van der Waals surface area (Å²) in [6, 6.07) is 0.445. The molecule has 0 aromatic carbocycles. The van der Waals surface area contributed by atoms with Gasteiger partial charge in [0.1, 0.15) is 0 Å². The van der Waals surface area contributed by atoms with Crippen LogP contribution in [0.4, 0.5) is 0 Å². The molecule has 1 aromatic heterocycles. The molecule has 1 saturated carbocycles. The predicted octanol–water partition coefficient (Wildman–Crippen LogP) is 1.46. The molecule has 0 atom stereocenters. The van der Waals surface area contributed by atoms with E-state index in [0.717, 1.165) is 32.2 Å². The molecule has 1 heterocycles. The van der Waals surface area contributed by atoms with E-state index < -0.39 is 5.97 Å². The average Bonchev–Trinajstić information content (AvgIpc) is 2.68. The minimum absolute atomic E-state index is 0.136. The first-order valence-electron chi connectivity index (χ1n) is 6.51. The summed E-state index contributed by atoms with van der Waals surface area (Å²) in [6.45, 7) is 2.88. The van der Waals surface area contributed by atoms with Crippen LogP contribution in [0.5, 0.6) is 0 Å². The Labute approximate surface area is 107 Å². The molecule has 2 rings (SSSR count). The first kappa shape index (κ1) is 13.1. The van der Waals surface area contributed by atoms with E-state index in [9.17, 15) is 4.79 Å². The van der Waals surface area contributed by atoms with Crippen LogP contribution in [0.3, 0.4) is 0 Å². The predicted molar refractivity (Wildman–Crippen MR) is 68.2 cm³/mol. The van der Waals surface area contributed by atoms with Crippen LogP contribution < -0.4 is 5.32 Å². The zero-order valence-corrected chi connectivity index (χ0v) is 11.0. The summed E-state index contributed by atoms with van der Waals surface area (Å²) >= 11 is 0. The van der Waals surface area contributed by atoms with Crippen molar-refractivity contribution in [3.63, 3.8) is 0 Å². The second-order valence-corrected chi connectivity index (χ2v) is 5.15. The lowest BCUT2D eigenvalue weighted by Gasteiger charge is -2.26. The van der Waals surface area contributed by atoms with Crippen LogP contribution in [0, 0.1) is 12.8 Å². The maximum absolute atomic E-state index is 10.9. The number of carboxylic acid groups (broad SMARTS) is 1. The van der Waals surface area contributed by atoms with Gasteiger partial charge in [-0.3, -0.25) is 9.48 Å². The summed E-state index contributed by atoms with van der Waals surface area (Å²) in [4.78, 5) is 10.9. The molecule has 0 unspecified atom stereocenters. The lowest BCUT2D eigenvalue weighted by Crippen LogP contribution is -2.34. The summed E-state index contributed by atoms with van der Waals surface area (Å²) in [7, 11) is 1.94. The van der Waals surface area contributed by atoms with E-state index in [1.165, 1.54) is 11.3 Å². The fourth-order valence-electron chi connectivity index (χ4n) is 2.52. The Morgan fingerprint density at radius 1 is 1.50 bits per heavy atom. The minimum Gasteiger partial charge on any atom is -0.481 e. The highest BCUT2D eigenvalue weighted by Crippen LogP contribution is 2.24. The van der Waals surface area contributed by atoms with Crippen molar-refractivity contribution in [2.24, 2.45) is 13.0 Å². The molecule has 1 aliphatic carbocycles. The van der Waals surface area contributed by atoms with Crippen LogP contribution in [0.15, 0.2) is 6.20 Å². The number of hydrogen-bond donors (Lipinski definition) is 2. The van der Waals surface area contributed by atoms with Gasteiger partial charge in [-0.15, -0.1) is 0 Å². The SMILES string of the molecule is Cc1c(CNC2CCC(C(=O)O)CC2)cnn1C. The van der Waals surface area contributed by atoms with Crippen molar-refractivity contribution < 1.29 is 9.90 Å². The van der Waals surface area contributed by atoms with Gasteiger partial charge in [0.15, 0.2) is 0 Å². The lowest BCUT2D eigenvalue weighted by molar-refractivity contribution is -0.142. The van der Waals surface area contributed by atoms with Crippen molar-refractivity contribution in [3.8, 4) is 0 Å². The molecule has 0 bridgehead atoms. The molecule has 1 aromatic rings. The molecule has 5 nitrogen and oxygen atoms in total. The highest BCUT2D eigenvalue weighted by molar-refractivity contribution is 5.70. The first-order valence-corrected chi connectivity index (χ1v) is 6.51. The second-order valence-electron chi connectivity index (χ2n) is 5.15. The largest absolute Gasteiger partial charge is 0.481 e. The van der Waals surface area contributed by atoms with E-state index in [-0.39, 0.29) is 5.92 Å². The van der Waals surface area contributed by atoms with Crippen molar-refractivity contribution in [2.45, 2.75) is 45.2 Å². The molecule has 0 saturated heterocycles. The Balaban J connectivity index is 1.79. The van der Waals surface area contributed by atoms with Crippen LogP contribution in [-0.4, -0.2) is 26.9 Å². The van der Waals surface area contributed by atoms with Gasteiger partial charge in [-0.05, 0) is 32.6 Å². The van der Waals surface area contributed by atoms with Gasteiger partial charge in [0.05, 0.1) is 12.1 Å². The molecule has 0 aliphatic heterocycles. The van der Waals surface area contributed by atoms with E-state index in [4.69, 9.17) is 5.11 Å². The minimum atomic E-state index is -0.642. The summed E-state index contributed by atoms with van der Waals surface area (Å²) in [5, 5.41) is 16.7. The monoisotopic (exact) mass is 251 g/mol. The number of aliphatic carboxylic acids is 1. The van der Waals surface area contributed by atoms with Gasteiger partial charge in [-0.1, -0.05) is 0 Å². The zero-order chi connectivity index (χ0) is 13.1. The lowest BCUT2D eigenvalue weighted by atomic mass is 9.86. The number of carboxylic acids is 1. The summed E-state index contributed by atoms with van der Waals surface area (Å²) in [5.41, 5.74) is 2.40. The van der Waals surface area contributed by atoms with Crippen molar-refractivity contribution in [1.29, 1.82) is 0 Å². The molecule has 0 radical (unpaired) electrons. The third-order valence-electron chi connectivity index (χ3n) is 3.99. The van der Waals surface area contributed by atoms with Crippen LogP contribution >= 0.6 is 0 Å². The number of nitrogens with one attached hydrogen (secondary N) is 1. The molecule has 0 amide bonds. The topological polar surface area (TPSA) is 67.2 Å². The number of aryl methyl sites for hydroxylation is 1. The van der Waals surface area contributed by atoms with Crippen molar-refractivity contribution >= 4 is 5.97 Å². The first-order chi connectivity index (χ1) is 8.58. The average molecular weight is 251 g/mol. The quantitative estimate of drug-likeness (QED) is 0.850. The van der Waals surface area contributed by atoms with Gasteiger partial charge in [0, 0.05) is 30.9 Å².